The summed E-state index contributed by atoms with van der Waals surface area (Å²) in [5, 5.41) is 18.9. The highest BCUT2D eigenvalue weighted by Crippen LogP contribution is 2.17. The average Bonchev–Trinajstić information content (AvgIpc) is 2.40. The quantitative estimate of drug-likeness (QED) is 0.338. The molecule has 0 aliphatic heterocycles. The van der Waals surface area contributed by atoms with E-state index in [2.05, 4.69) is 6.92 Å². The highest BCUT2D eigenvalue weighted by Gasteiger charge is 2.18. The van der Waals surface area contributed by atoms with Gasteiger partial charge in [-0.1, -0.05) is 84.5 Å². The lowest BCUT2D eigenvalue weighted by molar-refractivity contribution is -0.167. The lowest BCUT2D eigenvalue weighted by Crippen LogP contribution is -2.26. The van der Waals surface area contributed by atoms with Crippen molar-refractivity contribution in [2.24, 2.45) is 0 Å². The predicted molar refractivity (Wildman–Crippen MR) is 83.2 cm³/mol. The highest BCUT2D eigenvalue weighted by molar-refractivity contribution is 4.61. The summed E-state index contributed by atoms with van der Waals surface area (Å²) in [6.07, 6.45) is 16.7. The van der Waals surface area contributed by atoms with Gasteiger partial charge < -0.3 is 10.2 Å². The van der Waals surface area contributed by atoms with Gasteiger partial charge in [0.2, 0.25) is 0 Å². The number of aliphatic hydroxyl groups is 2. The second-order valence-corrected chi connectivity index (χ2v) is 5.98. The van der Waals surface area contributed by atoms with E-state index in [0.717, 1.165) is 12.8 Å². The van der Waals surface area contributed by atoms with Crippen LogP contribution in [0.5, 0.6) is 0 Å². The molecule has 0 saturated carbocycles. The maximum atomic E-state index is 9.44. The van der Waals surface area contributed by atoms with Crippen molar-refractivity contribution >= 4 is 0 Å². The van der Waals surface area contributed by atoms with Crippen molar-refractivity contribution in [3.63, 3.8) is 0 Å². The molecule has 0 fully saturated rings. The summed E-state index contributed by atoms with van der Waals surface area (Å²) >= 11 is 0. The summed E-state index contributed by atoms with van der Waals surface area (Å²) in [5.74, 6) is -1.42. The van der Waals surface area contributed by atoms with Crippen molar-refractivity contribution in [3.05, 3.63) is 0 Å². The summed E-state index contributed by atoms with van der Waals surface area (Å²) in [5.41, 5.74) is 0. The Morgan fingerprint density at radius 2 is 0.947 bits per heavy atom. The minimum Gasteiger partial charge on any atom is -0.366 e. The van der Waals surface area contributed by atoms with Crippen LogP contribution in [-0.2, 0) is 0 Å². The largest absolute Gasteiger partial charge is 0.366 e. The number of rotatable bonds is 14. The minimum absolute atomic E-state index is 0.436. The molecule has 2 heteroatoms. The van der Waals surface area contributed by atoms with Crippen molar-refractivity contribution in [2.75, 3.05) is 0 Å². The fraction of sp³-hybridized carbons (Fsp3) is 1.00. The van der Waals surface area contributed by atoms with Gasteiger partial charge in [0.1, 0.15) is 0 Å². The zero-order valence-electron chi connectivity index (χ0n) is 13.3. The van der Waals surface area contributed by atoms with Crippen LogP contribution in [0.3, 0.4) is 0 Å². The smallest absolute Gasteiger partial charge is 0.162 e. The van der Waals surface area contributed by atoms with Gasteiger partial charge >= 0.3 is 0 Å². The first-order valence-electron chi connectivity index (χ1n) is 8.57. The molecule has 116 valence electrons. The molecule has 0 radical (unpaired) electrons. The van der Waals surface area contributed by atoms with E-state index in [1.165, 1.54) is 64.2 Å². The molecule has 0 heterocycles. The fourth-order valence-electron chi connectivity index (χ4n) is 2.43. The van der Waals surface area contributed by atoms with Crippen LogP contribution in [0.1, 0.15) is 104 Å². The third-order valence-electron chi connectivity index (χ3n) is 4.00. The first-order chi connectivity index (χ1) is 9.12. The maximum Gasteiger partial charge on any atom is 0.162 e. The van der Waals surface area contributed by atoms with Gasteiger partial charge in [0.25, 0.3) is 0 Å². The van der Waals surface area contributed by atoms with E-state index in [1.54, 1.807) is 0 Å². The van der Waals surface area contributed by atoms with E-state index >= 15 is 0 Å². The lowest BCUT2D eigenvalue weighted by Gasteiger charge is -2.19. The van der Waals surface area contributed by atoms with Crippen LogP contribution in [0.15, 0.2) is 0 Å². The number of hydrogen-bond acceptors (Lipinski definition) is 2. The van der Waals surface area contributed by atoms with Gasteiger partial charge in [-0.05, 0) is 12.8 Å². The molecule has 19 heavy (non-hydrogen) atoms. The van der Waals surface area contributed by atoms with E-state index in [1.807, 2.05) is 6.92 Å². The van der Waals surface area contributed by atoms with E-state index < -0.39 is 5.79 Å². The summed E-state index contributed by atoms with van der Waals surface area (Å²) in [6, 6.07) is 0. The normalized spacial score (nSPS) is 12.0. The fourth-order valence-corrected chi connectivity index (χ4v) is 2.43. The Morgan fingerprint density at radius 3 is 1.32 bits per heavy atom. The van der Waals surface area contributed by atoms with Crippen LogP contribution >= 0.6 is 0 Å². The maximum absolute atomic E-state index is 9.44. The Labute approximate surface area is 120 Å². The summed E-state index contributed by atoms with van der Waals surface area (Å²) in [4.78, 5) is 0. The third-order valence-corrected chi connectivity index (χ3v) is 4.00. The molecule has 0 saturated heterocycles. The molecule has 0 aromatic rings. The Balaban J connectivity index is 3.07. The van der Waals surface area contributed by atoms with Gasteiger partial charge in [0.15, 0.2) is 5.79 Å². The molecule has 0 rings (SSSR count). The SMILES string of the molecule is CCCCCCCCCCCCCCC(O)(O)CC. The molecule has 0 bridgehead atoms. The molecule has 0 aliphatic rings. The minimum atomic E-state index is -1.42. The number of hydrogen-bond donors (Lipinski definition) is 2. The molecule has 2 N–H and O–H groups in total. The standard InChI is InChI=1S/C17H36O2/c1-3-5-6-7-8-9-10-11-12-13-14-15-16-17(18,19)4-2/h18-19H,3-16H2,1-2H3. The third kappa shape index (κ3) is 14.1. The Bertz CT molecular complexity index is 178. The summed E-state index contributed by atoms with van der Waals surface area (Å²) in [7, 11) is 0. The van der Waals surface area contributed by atoms with Gasteiger partial charge in [0, 0.05) is 6.42 Å². The molecule has 0 unspecified atom stereocenters. The van der Waals surface area contributed by atoms with Gasteiger partial charge in [-0.25, -0.2) is 0 Å². The monoisotopic (exact) mass is 272 g/mol. The van der Waals surface area contributed by atoms with Crippen LogP contribution in [-0.4, -0.2) is 16.0 Å². The molecule has 0 spiro atoms. The molecular weight excluding hydrogens is 236 g/mol. The van der Waals surface area contributed by atoms with Crippen molar-refractivity contribution < 1.29 is 10.2 Å². The zero-order chi connectivity index (χ0) is 14.4. The van der Waals surface area contributed by atoms with Crippen LogP contribution in [0, 0.1) is 0 Å². The Morgan fingerprint density at radius 1 is 0.579 bits per heavy atom. The number of unbranched alkanes of at least 4 members (excludes halogenated alkanes) is 11. The van der Waals surface area contributed by atoms with Gasteiger partial charge in [-0.3, -0.25) is 0 Å². The van der Waals surface area contributed by atoms with Crippen LogP contribution in [0.25, 0.3) is 0 Å². The molecule has 0 aromatic carbocycles. The molecule has 0 atom stereocenters. The summed E-state index contributed by atoms with van der Waals surface area (Å²) in [6.45, 7) is 4.08. The topological polar surface area (TPSA) is 40.5 Å². The summed E-state index contributed by atoms with van der Waals surface area (Å²) < 4.78 is 0. The molecule has 0 amide bonds. The Kier molecular flexibility index (Phi) is 12.9. The second-order valence-electron chi connectivity index (χ2n) is 5.98. The van der Waals surface area contributed by atoms with Crippen molar-refractivity contribution in [3.8, 4) is 0 Å². The molecular formula is C17H36O2. The second kappa shape index (κ2) is 12.9. The zero-order valence-corrected chi connectivity index (χ0v) is 13.3. The van der Waals surface area contributed by atoms with Gasteiger partial charge in [0.05, 0.1) is 0 Å². The van der Waals surface area contributed by atoms with Gasteiger partial charge in [-0.15, -0.1) is 0 Å². The lowest BCUT2D eigenvalue weighted by atomic mass is 10.0. The first-order valence-corrected chi connectivity index (χ1v) is 8.57. The first kappa shape index (κ1) is 18.9. The molecule has 0 aromatic heterocycles. The highest BCUT2D eigenvalue weighted by atomic mass is 16.5. The van der Waals surface area contributed by atoms with Gasteiger partial charge in [-0.2, -0.15) is 0 Å². The van der Waals surface area contributed by atoms with Crippen LogP contribution < -0.4 is 0 Å². The van der Waals surface area contributed by atoms with E-state index in [4.69, 9.17) is 0 Å². The molecule has 2 nitrogen and oxygen atoms in total. The van der Waals surface area contributed by atoms with E-state index in [-0.39, 0.29) is 0 Å². The van der Waals surface area contributed by atoms with Crippen molar-refractivity contribution in [2.45, 2.75) is 110 Å². The Hall–Kier alpha value is -0.0800. The van der Waals surface area contributed by atoms with Crippen molar-refractivity contribution in [1.82, 2.24) is 0 Å². The van der Waals surface area contributed by atoms with Crippen molar-refractivity contribution in [1.29, 1.82) is 0 Å². The van der Waals surface area contributed by atoms with Crippen LogP contribution in [0.4, 0.5) is 0 Å². The van der Waals surface area contributed by atoms with Crippen LogP contribution in [0.2, 0.25) is 0 Å². The average molecular weight is 272 g/mol. The molecule has 0 aliphatic carbocycles. The predicted octanol–water partition coefficient (Wildman–Crippen LogP) is 5.17. The van der Waals surface area contributed by atoms with E-state index in [0.29, 0.717) is 12.8 Å². The van der Waals surface area contributed by atoms with E-state index in [9.17, 15) is 10.2 Å².